The van der Waals surface area contributed by atoms with Crippen molar-refractivity contribution in [3.05, 3.63) is 12.7 Å². The molecule has 1 fully saturated rings. The van der Waals surface area contributed by atoms with E-state index in [0.29, 0.717) is 6.66 Å². The number of hydrogen-bond donors (Lipinski definition) is 5. The molecule has 0 saturated carbocycles. The van der Waals surface area contributed by atoms with E-state index in [-0.39, 0.29) is 17.0 Å². The van der Waals surface area contributed by atoms with Crippen molar-refractivity contribution in [3.63, 3.8) is 0 Å². The van der Waals surface area contributed by atoms with Gasteiger partial charge < -0.3 is 30.5 Å². The Bertz CT molecular complexity index is 932. The van der Waals surface area contributed by atoms with Crippen LogP contribution in [0.1, 0.15) is 6.23 Å². The molecule has 0 amide bonds. The Labute approximate surface area is 151 Å². The van der Waals surface area contributed by atoms with E-state index in [4.69, 9.17) is 15.4 Å². The summed E-state index contributed by atoms with van der Waals surface area (Å²) >= 11 is 0. The molecule has 150 valence electrons. The van der Waals surface area contributed by atoms with Gasteiger partial charge in [0.25, 0.3) is 0 Å². The Morgan fingerprint density at radius 1 is 1.26 bits per heavy atom. The Balaban J connectivity index is 1.75. The maximum Gasteiger partial charge on any atom is 0.479 e. The molecular formula is C11H17N5O9P2. The van der Waals surface area contributed by atoms with Crippen molar-refractivity contribution in [1.82, 2.24) is 19.5 Å². The second kappa shape index (κ2) is 7.17. The summed E-state index contributed by atoms with van der Waals surface area (Å²) in [4.78, 5) is 30.2. The van der Waals surface area contributed by atoms with Crippen LogP contribution in [0.15, 0.2) is 12.7 Å². The first-order chi connectivity index (χ1) is 12.5. The monoisotopic (exact) mass is 425 g/mol. The number of aliphatic hydroxyl groups excluding tert-OH is 2. The SMILES string of the molecule is C[P@](=O)(O)OP(=O)(O)OC[C@H]1O[C@@H](n2cnc3c(N)ncnc32)C(O)C1O. The number of imidazole rings is 1. The van der Waals surface area contributed by atoms with E-state index in [1.54, 1.807) is 0 Å². The summed E-state index contributed by atoms with van der Waals surface area (Å²) in [5, 5.41) is 20.4. The number of nitrogens with zero attached hydrogens (tertiary/aromatic N) is 4. The molecule has 0 spiro atoms. The van der Waals surface area contributed by atoms with Gasteiger partial charge in [0.05, 0.1) is 12.9 Å². The Kier molecular flexibility index (Phi) is 5.38. The standard InChI is InChI=1S/C11H17N5O9P2/c1-26(19,20)25-27(21,22)23-2-5-7(17)8(18)11(24-5)16-4-15-6-9(12)13-3-14-10(6)16/h3-5,7-8,11,17-18H,2H2,1H3,(H,19,20)(H,21,22)(H2,12,13,14)/t5-,7?,8?,11-/m1/s1. The van der Waals surface area contributed by atoms with Crippen molar-refractivity contribution in [1.29, 1.82) is 0 Å². The highest BCUT2D eigenvalue weighted by molar-refractivity contribution is 7.63. The van der Waals surface area contributed by atoms with E-state index < -0.39 is 46.6 Å². The minimum absolute atomic E-state index is 0.109. The van der Waals surface area contributed by atoms with Crippen LogP contribution in [-0.2, 0) is 22.7 Å². The molecule has 1 saturated heterocycles. The topological polar surface area (TPSA) is 212 Å². The van der Waals surface area contributed by atoms with Crippen molar-refractivity contribution in [2.45, 2.75) is 24.5 Å². The first kappa shape index (κ1) is 20.3. The summed E-state index contributed by atoms with van der Waals surface area (Å²) in [6.45, 7) is 0.00387. The molecule has 3 rings (SSSR count). The van der Waals surface area contributed by atoms with Gasteiger partial charge in [0.2, 0.25) is 0 Å². The van der Waals surface area contributed by atoms with Gasteiger partial charge in [0.1, 0.15) is 30.2 Å². The summed E-state index contributed by atoms with van der Waals surface area (Å²) < 4.78 is 38.1. The molecule has 0 aliphatic carbocycles. The smallest absolute Gasteiger partial charge is 0.387 e. The molecule has 3 heterocycles. The molecule has 1 aliphatic heterocycles. The summed E-state index contributed by atoms with van der Waals surface area (Å²) in [7, 11) is -9.17. The maximum atomic E-state index is 11.6. The van der Waals surface area contributed by atoms with Gasteiger partial charge in [-0.3, -0.25) is 13.7 Å². The van der Waals surface area contributed by atoms with E-state index >= 15 is 0 Å². The molecule has 0 radical (unpaired) electrons. The molecule has 6 atom stereocenters. The molecule has 27 heavy (non-hydrogen) atoms. The third-order valence-electron chi connectivity index (χ3n) is 3.66. The second-order valence-corrected chi connectivity index (χ2v) is 9.23. The van der Waals surface area contributed by atoms with Crippen LogP contribution in [0.3, 0.4) is 0 Å². The molecule has 0 aromatic carbocycles. The lowest BCUT2D eigenvalue weighted by molar-refractivity contribution is -0.0501. The minimum atomic E-state index is -4.88. The molecular weight excluding hydrogens is 408 g/mol. The van der Waals surface area contributed by atoms with Crippen LogP contribution in [0.5, 0.6) is 0 Å². The van der Waals surface area contributed by atoms with E-state index in [0.717, 1.165) is 0 Å². The largest absolute Gasteiger partial charge is 0.479 e. The molecule has 16 heteroatoms. The summed E-state index contributed by atoms with van der Waals surface area (Å²) in [5.41, 5.74) is 6.19. The van der Waals surface area contributed by atoms with Crippen molar-refractivity contribution in [3.8, 4) is 0 Å². The number of ether oxygens (including phenoxy) is 1. The van der Waals surface area contributed by atoms with Gasteiger partial charge in [-0.2, -0.15) is 0 Å². The maximum absolute atomic E-state index is 11.6. The lowest BCUT2D eigenvalue weighted by atomic mass is 10.1. The number of nitrogen functional groups attached to an aromatic ring is 1. The zero-order valence-corrected chi connectivity index (χ0v) is 15.6. The van der Waals surface area contributed by atoms with E-state index in [1.165, 1.54) is 17.2 Å². The first-order valence-electron chi connectivity index (χ1n) is 7.42. The van der Waals surface area contributed by atoms with Crippen molar-refractivity contribution in [2.75, 3.05) is 19.0 Å². The van der Waals surface area contributed by atoms with Gasteiger partial charge in [-0.1, -0.05) is 0 Å². The molecule has 14 nitrogen and oxygen atoms in total. The Morgan fingerprint density at radius 2 is 1.96 bits per heavy atom. The average Bonchev–Trinajstić information content (AvgIpc) is 3.07. The normalized spacial score (nSPS) is 30.3. The fourth-order valence-electron chi connectivity index (χ4n) is 2.54. The van der Waals surface area contributed by atoms with Gasteiger partial charge in [0, 0.05) is 6.66 Å². The molecule has 0 bridgehead atoms. The predicted octanol–water partition coefficient (Wildman–Crippen LogP) is -1.02. The van der Waals surface area contributed by atoms with Crippen LogP contribution < -0.4 is 5.73 Å². The van der Waals surface area contributed by atoms with Crippen molar-refractivity contribution in [2.24, 2.45) is 0 Å². The molecule has 2 aromatic heterocycles. The summed E-state index contributed by atoms with van der Waals surface area (Å²) in [5.74, 6) is 0.109. The van der Waals surface area contributed by atoms with E-state index in [9.17, 15) is 24.2 Å². The lowest BCUT2D eigenvalue weighted by Gasteiger charge is -2.18. The summed E-state index contributed by atoms with van der Waals surface area (Å²) in [6, 6.07) is 0. The molecule has 3 unspecified atom stereocenters. The first-order valence-corrected chi connectivity index (χ1v) is 10.9. The molecule has 6 N–H and O–H groups in total. The van der Waals surface area contributed by atoms with Gasteiger partial charge in [-0.15, -0.1) is 0 Å². The third kappa shape index (κ3) is 4.35. The minimum Gasteiger partial charge on any atom is -0.387 e. The van der Waals surface area contributed by atoms with Crippen molar-refractivity contribution < 1.29 is 42.7 Å². The van der Waals surface area contributed by atoms with Crippen LogP contribution in [0.2, 0.25) is 0 Å². The van der Waals surface area contributed by atoms with Crippen molar-refractivity contribution >= 4 is 32.4 Å². The number of nitrogens with two attached hydrogens (primary N) is 1. The van der Waals surface area contributed by atoms with Crippen LogP contribution >= 0.6 is 15.4 Å². The lowest BCUT2D eigenvalue weighted by Crippen LogP contribution is -2.33. The van der Waals surface area contributed by atoms with Gasteiger partial charge >= 0.3 is 15.4 Å². The number of hydrogen-bond acceptors (Lipinski definition) is 11. The number of phosphoric acid groups is 1. The zero-order valence-electron chi connectivity index (χ0n) is 13.8. The predicted molar refractivity (Wildman–Crippen MR) is 88.3 cm³/mol. The number of phosphoric ester groups is 1. The summed E-state index contributed by atoms with van der Waals surface area (Å²) in [6.07, 6.45) is -2.90. The van der Waals surface area contributed by atoms with Gasteiger partial charge in [-0.25, -0.2) is 23.8 Å². The number of aliphatic hydroxyl groups is 2. The number of fused-ring (bicyclic) bond motifs is 1. The second-order valence-electron chi connectivity index (χ2n) is 5.78. The van der Waals surface area contributed by atoms with Crippen LogP contribution in [0, 0.1) is 0 Å². The number of anilines is 1. The molecule has 1 aliphatic rings. The fraction of sp³-hybridized carbons (Fsp3) is 0.545. The Morgan fingerprint density at radius 3 is 2.63 bits per heavy atom. The van der Waals surface area contributed by atoms with Crippen LogP contribution in [-0.4, -0.2) is 71.1 Å². The Hall–Kier alpha value is -1.47. The van der Waals surface area contributed by atoms with Gasteiger partial charge in [-0.05, 0) is 0 Å². The highest BCUT2D eigenvalue weighted by atomic mass is 31.3. The molecule has 2 aromatic rings. The van der Waals surface area contributed by atoms with Crippen LogP contribution in [0.25, 0.3) is 11.2 Å². The van der Waals surface area contributed by atoms with Crippen LogP contribution in [0.4, 0.5) is 5.82 Å². The number of rotatable bonds is 6. The van der Waals surface area contributed by atoms with E-state index in [1.807, 2.05) is 0 Å². The highest BCUT2D eigenvalue weighted by Gasteiger charge is 2.45. The third-order valence-corrected chi connectivity index (χ3v) is 6.17. The zero-order chi connectivity index (χ0) is 20.0. The van der Waals surface area contributed by atoms with E-state index in [2.05, 4.69) is 23.8 Å². The highest BCUT2D eigenvalue weighted by Crippen LogP contribution is 2.58. The fourth-order valence-corrected chi connectivity index (χ4v) is 4.59. The van der Waals surface area contributed by atoms with Gasteiger partial charge in [0.15, 0.2) is 17.7 Å². The number of aromatic nitrogens is 4. The quantitative estimate of drug-likeness (QED) is 0.351. The average molecular weight is 425 g/mol.